The van der Waals surface area contributed by atoms with Crippen LogP contribution in [0.4, 0.5) is 5.69 Å². The molecule has 0 unspecified atom stereocenters. The maximum Gasteiger partial charge on any atom is 0.225 e. The van der Waals surface area contributed by atoms with Crippen molar-refractivity contribution in [2.45, 2.75) is 12.3 Å². The number of ether oxygens (including phenoxy) is 3. The summed E-state index contributed by atoms with van der Waals surface area (Å²) in [6.45, 7) is 1.02. The molecule has 0 aliphatic carbocycles. The van der Waals surface area contributed by atoms with Crippen LogP contribution in [0.3, 0.4) is 0 Å². The van der Waals surface area contributed by atoms with E-state index in [1.807, 2.05) is 24.3 Å². The molecule has 2 heterocycles. The number of nitrogens with one attached hydrogen (secondary N) is 1. The molecule has 0 saturated heterocycles. The summed E-state index contributed by atoms with van der Waals surface area (Å²) >= 11 is 6.17. The smallest absolute Gasteiger partial charge is 0.225 e. The summed E-state index contributed by atoms with van der Waals surface area (Å²) in [5.41, 5.74) is 2.60. The molecular weight excluding hydrogens is 330 g/mol. The van der Waals surface area contributed by atoms with Gasteiger partial charge >= 0.3 is 0 Å². The molecule has 1 amide bonds. The van der Waals surface area contributed by atoms with Gasteiger partial charge in [-0.3, -0.25) is 4.79 Å². The van der Waals surface area contributed by atoms with E-state index in [9.17, 15) is 4.79 Å². The molecule has 2 aliphatic rings. The maximum atomic E-state index is 12.2. The fourth-order valence-corrected chi connectivity index (χ4v) is 3.43. The van der Waals surface area contributed by atoms with Crippen molar-refractivity contribution >= 4 is 23.2 Å². The molecule has 2 aliphatic heterocycles. The Morgan fingerprint density at radius 3 is 2.62 bits per heavy atom. The number of hydrogen-bond acceptors (Lipinski definition) is 4. The van der Waals surface area contributed by atoms with Crippen molar-refractivity contribution in [2.24, 2.45) is 0 Å². The SMILES string of the molecule is COc1ccc(Cl)cc1[C@H]1CC(=O)Nc2cc3c(cc21)OCCO3. The van der Waals surface area contributed by atoms with Crippen LogP contribution in [0.2, 0.25) is 5.02 Å². The summed E-state index contributed by atoms with van der Waals surface area (Å²) in [6.07, 6.45) is 0.323. The van der Waals surface area contributed by atoms with Gasteiger partial charge in [-0.05, 0) is 29.8 Å². The van der Waals surface area contributed by atoms with Gasteiger partial charge in [-0.15, -0.1) is 0 Å². The van der Waals surface area contributed by atoms with E-state index in [0.717, 1.165) is 16.8 Å². The lowest BCUT2D eigenvalue weighted by Crippen LogP contribution is -2.25. The molecule has 124 valence electrons. The molecule has 2 aromatic rings. The lowest BCUT2D eigenvalue weighted by Gasteiger charge is -2.29. The largest absolute Gasteiger partial charge is 0.496 e. The van der Waals surface area contributed by atoms with Gasteiger partial charge in [-0.25, -0.2) is 0 Å². The summed E-state index contributed by atoms with van der Waals surface area (Å²) in [7, 11) is 1.61. The quantitative estimate of drug-likeness (QED) is 0.903. The third-order valence-corrected chi connectivity index (χ3v) is 4.56. The molecule has 0 fully saturated rings. The van der Waals surface area contributed by atoms with E-state index in [4.69, 9.17) is 25.8 Å². The van der Waals surface area contributed by atoms with Gasteiger partial charge in [-0.2, -0.15) is 0 Å². The van der Waals surface area contributed by atoms with E-state index in [2.05, 4.69) is 5.32 Å². The summed E-state index contributed by atoms with van der Waals surface area (Å²) in [5, 5.41) is 3.52. The average Bonchev–Trinajstić information content (AvgIpc) is 2.59. The Morgan fingerprint density at radius 1 is 1.12 bits per heavy atom. The van der Waals surface area contributed by atoms with Gasteiger partial charge in [0.15, 0.2) is 11.5 Å². The third-order valence-electron chi connectivity index (χ3n) is 4.32. The first-order valence-electron chi connectivity index (χ1n) is 7.72. The fourth-order valence-electron chi connectivity index (χ4n) is 3.25. The molecule has 1 atom stereocenters. The second-order valence-electron chi connectivity index (χ2n) is 5.77. The number of amides is 1. The van der Waals surface area contributed by atoms with Gasteiger partial charge in [0.05, 0.1) is 7.11 Å². The molecule has 6 heteroatoms. The van der Waals surface area contributed by atoms with Crippen LogP contribution in [0.15, 0.2) is 30.3 Å². The molecule has 0 radical (unpaired) electrons. The average molecular weight is 346 g/mol. The number of carbonyl (C=O) groups is 1. The van der Waals surface area contributed by atoms with Gasteiger partial charge < -0.3 is 19.5 Å². The summed E-state index contributed by atoms with van der Waals surface area (Å²) < 4.78 is 16.8. The van der Waals surface area contributed by atoms with Gasteiger partial charge in [0.25, 0.3) is 0 Å². The number of methoxy groups -OCH3 is 1. The number of fused-ring (bicyclic) bond motifs is 2. The van der Waals surface area contributed by atoms with Crippen LogP contribution in [0.5, 0.6) is 17.2 Å². The number of carbonyl (C=O) groups excluding carboxylic acids is 1. The van der Waals surface area contributed by atoms with Crippen molar-refractivity contribution < 1.29 is 19.0 Å². The highest BCUT2D eigenvalue weighted by molar-refractivity contribution is 6.30. The van der Waals surface area contributed by atoms with E-state index in [1.54, 1.807) is 13.2 Å². The number of hydrogen-bond donors (Lipinski definition) is 1. The molecular formula is C18H16ClNO4. The molecule has 0 spiro atoms. The minimum Gasteiger partial charge on any atom is -0.496 e. The first-order valence-corrected chi connectivity index (χ1v) is 8.10. The molecule has 0 bridgehead atoms. The summed E-state index contributed by atoms with van der Waals surface area (Å²) in [4.78, 5) is 12.2. The van der Waals surface area contributed by atoms with Crippen molar-refractivity contribution in [1.82, 2.24) is 0 Å². The highest BCUT2D eigenvalue weighted by Crippen LogP contribution is 2.46. The summed E-state index contributed by atoms with van der Waals surface area (Å²) in [6, 6.07) is 9.21. The minimum atomic E-state index is -0.154. The topological polar surface area (TPSA) is 56.8 Å². The van der Waals surface area contributed by atoms with Crippen LogP contribution in [0.1, 0.15) is 23.5 Å². The lowest BCUT2D eigenvalue weighted by atomic mass is 9.84. The maximum absolute atomic E-state index is 12.2. The second kappa shape index (κ2) is 5.91. The van der Waals surface area contributed by atoms with Crippen LogP contribution >= 0.6 is 11.6 Å². The Morgan fingerprint density at radius 2 is 1.88 bits per heavy atom. The normalized spacial score (nSPS) is 18.6. The monoisotopic (exact) mass is 345 g/mol. The predicted molar refractivity (Wildman–Crippen MR) is 90.5 cm³/mol. The number of benzene rings is 2. The first kappa shape index (κ1) is 15.1. The Balaban J connectivity index is 1.87. The van der Waals surface area contributed by atoms with Crippen LogP contribution in [-0.2, 0) is 4.79 Å². The first-order chi connectivity index (χ1) is 11.7. The molecule has 4 rings (SSSR count). The van der Waals surface area contributed by atoms with E-state index < -0.39 is 0 Å². The standard InChI is InChI=1S/C18H16ClNO4/c1-22-15-3-2-10(19)6-13(15)11-8-18(21)20-14-9-17-16(7-12(11)14)23-4-5-24-17/h2-3,6-7,9,11H,4-5,8H2,1H3,(H,20,21)/t11-/m0/s1. The van der Waals surface area contributed by atoms with Crippen molar-refractivity contribution in [1.29, 1.82) is 0 Å². The van der Waals surface area contributed by atoms with Gasteiger partial charge in [0.2, 0.25) is 5.91 Å². The molecule has 24 heavy (non-hydrogen) atoms. The van der Waals surface area contributed by atoms with Crippen LogP contribution in [-0.4, -0.2) is 26.2 Å². The zero-order valence-corrected chi connectivity index (χ0v) is 13.9. The number of halogens is 1. The lowest BCUT2D eigenvalue weighted by molar-refractivity contribution is -0.116. The molecule has 1 N–H and O–H groups in total. The summed E-state index contributed by atoms with van der Waals surface area (Å²) in [5.74, 6) is 1.85. The fraction of sp³-hybridized carbons (Fsp3) is 0.278. The molecule has 2 aromatic carbocycles. The number of rotatable bonds is 2. The molecule has 5 nitrogen and oxygen atoms in total. The Bertz CT molecular complexity index is 821. The molecule has 0 saturated carbocycles. The molecule has 0 aromatic heterocycles. The van der Waals surface area contributed by atoms with Gasteiger partial charge in [0, 0.05) is 34.7 Å². The van der Waals surface area contributed by atoms with Gasteiger partial charge in [0.1, 0.15) is 19.0 Å². The van der Waals surface area contributed by atoms with Gasteiger partial charge in [-0.1, -0.05) is 11.6 Å². The second-order valence-corrected chi connectivity index (χ2v) is 6.21. The minimum absolute atomic E-state index is 0.0498. The Hall–Kier alpha value is -2.40. The Labute approximate surface area is 144 Å². The van der Waals surface area contributed by atoms with Crippen LogP contribution in [0.25, 0.3) is 0 Å². The zero-order valence-electron chi connectivity index (χ0n) is 13.1. The van der Waals surface area contributed by atoms with E-state index in [1.165, 1.54) is 0 Å². The highest BCUT2D eigenvalue weighted by atomic mass is 35.5. The van der Waals surface area contributed by atoms with E-state index >= 15 is 0 Å². The van der Waals surface area contributed by atoms with Crippen LogP contribution in [0, 0.1) is 0 Å². The Kier molecular flexibility index (Phi) is 3.73. The predicted octanol–water partition coefficient (Wildman–Crippen LogP) is 3.59. The van der Waals surface area contributed by atoms with Crippen molar-refractivity contribution in [3.8, 4) is 17.2 Å². The van der Waals surface area contributed by atoms with Crippen molar-refractivity contribution in [2.75, 3.05) is 25.6 Å². The zero-order chi connectivity index (χ0) is 16.7. The van der Waals surface area contributed by atoms with E-state index in [-0.39, 0.29) is 11.8 Å². The highest BCUT2D eigenvalue weighted by Gasteiger charge is 2.31. The third kappa shape index (κ3) is 2.55. The van der Waals surface area contributed by atoms with E-state index in [0.29, 0.717) is 41.9 Å². The van der Waals surface area contributed by atoms with Crippen molar-refractivity contribution in [3.63, 3.8) is 0 Å². The number of anilines is 1. The van der Waals surface area contributed by atoms with Crippen molar-refractivity contribution in [3.05, 3.63) is 46.5 Å². The van der Waals surface area contributed by atoms with Crippen LogP contribution < -0.4 is 19.5 Å².